The summed E-state index contributed by atoms with van der Waals surface area (Å²) in [6, 6.07) is -1.35. The highest BCUT2D eigenvalue weighted by molar-refractivity contribution is 7.91. The Morgan fingerprint density at radius 3 is 2.54 bits per heavy atom. The lowest BCUT2D eigenvalue weighted by atomic mass is 10.0. The molecule has 2 fully saturated rings. The van der Waals surface area contributed by atoms with Crippen LogP contribution in [0.4, 0.5) is 0 Å². The monoisotopic (exact) mass is 360 g/mol. The number of hydrogen-bond acceptors (Lipinski definition) is 5. The van der Waals surface area contributed by atoms with Gasteiger partial charge in [0.1, 0.15) is 6.04 Å². The van der Waals surface area contributed by atoms with E-state index in [9.17, 15) is 27.9 Å². The third kappa shape index (κ3) is 4.46. The minimum Gasteiger partial charge on any atom is -0.480 e. The zero-order valence-electron chi connectivity index (χ0n) is 13.9. The topological polar surface area (TPSA) is 121 Å². The lowest BCUT2D eigenvalue weighted by Gasteiger charge is -2.23. The second kappa shape index (κ2) is 7.08. The summed E-state index contributed by atoms with van der Waals surface area (Å²) in [7, 11) is -3.11. The molecule has 0 saturated carbocycles. The third-order valence-electron chi connectivity index (χ3n) is 4.50. The highest BCUT2D eigenvalue weighted by Crippen LogP contribution is 2.26. The van der Waals surface area contributed by atoms with Crippen molar-refractivity contribution in [3.63, 3.8) is 0 Å². The number of aliphatic carboxylic acids is 1. The molecule has 2 heterocycles. The van der Waals surface area contributed by atoms with Crippen LogP contribution < -0.4 is 5.32 Å². The number of nitrogens with one attached hydrogen (secondary N) is 1. The van der Waals surface area contributed by atoms with Crippen LogP contribution in [0.1, 0.15) is 33.1 Å². The molecule has 24 heavy (non-hydrogen) atoms. The van der Waals surface area contributed by atoms with Crippen molar-refractivity contribution in [3.8, 4) is 0 Å². The molecule has 0 bridgehead atoms. The number of carbonyl (C=O) groups is 3. The summed E-state index contributed by atoms with van der Waals surface area (Å²) < 4.78 is 23.1. The molecular weight excluding hydrogens is 336 g/mol. The van der Waals surface area contributed by atoms with Gasteiger partial charge in [-0.3, -0.25) is 9.59 Å². The van der Waals surface area contributed by atoms with Crippen LogP contribution in [0.15, 0.2) is 0 Å². The second-order valence-electron chi connectivity index (χ2n) is 7.03. The number of rotatable bonds is 6. The summed E-state index contributed by atoms with van der Waals surface area (Å²) in [6.07, 6.45) is 0.705. The van der Waals surface area contributed by atoms with Gasteiger partial charge in [0.2, 0.25) is 11.8 Å². The van der Waals surface area contributed by atoms with Gasteiger partial charge in [-0.2, -0.15) is 0 Å². The summed E-state index contributed by atoms with van der Waals surface area (Å²) in [4.78, 5) is 37.1. The van der Waals surface area contributed by atoms with Crippen LogP contribution >= 0.6 is 0 Å². The fraction of sp³-hybridized carbons (Fsp3) is 0.800. The van der Waals surface area contributed by atoms with E-state index in [4.69, 9.17) is 0 Å². The van der Waals surface area contributed by atoms with Crippen molar-refractivity contribution in [1.82, 2.24) is 10.2 Å². The number of sulfone groups is 1. The van der Waals surface area contributed by atoms with Gasteiger partial charge in [-0.05, 0) is 18.8 Å². The van der Waals surface area contributed by atoms with Crippen LogP contribution in [0.5, 0.6) is 0 Å². The van der Waals surface area contributed by atoms with E-state index in [1.165, 1.54) is 4.90 Å². The SMILES string of the molecule is CC(C)C[C@H](NC(=O)C1CC(=O)N(C2CCS(=O)(=O)C2)C1)C(=O)O. The molecule has 2 saturated heterocycles. The molecule has 2 aliphatic heterocycles. The molecule has 2 N–H and O–H groups in total. The van der Waals surface area contributed by atoms with Gasteiger partial charge in [-0.25, -0.2) is 13.2 Å². The van der Waals surface area contributed by atoms with Crippen molar-refractivity contribution in [1.29, 1.82) is 0 Å². The van der Waals surface area contributed by atoms with Gasteiger partial charge in [0.25, 0.3) is 0 Å². The van der Waals surface area contributed by atoms with E-state index in [1.54, 1.807) is 0 Å². The minimum absolute atomic E-state index is 0.00357. The lowest BCUT2D eigenvalue weighted by Crippen LogP contribution is -2.45. The Morgan fingerprint density at radius 1 is 1.38 bits per heavy atom. The first-order valence-corrected chi connectivity index (χ1v) is 9.94. The van der Waals surface area contributed by atoms with Gasteiger partial charge in [0, 0.05) is 19.0 Å². The van der Waals surface area contributed by atoms with E-state index >= 15 is 0 Å². The summed E-state index contributed by atoms with van der Waals surface area (Å²) >= 11 is 0. The Labute approximate surface area is 141 Å². The summed E-state index contributed by atoms with van der Waals surface area (Å²) in [5.41, 5.74) is 0. The molecule has 0 radical (unpaired) electrons. The molecule has 8 nitrogen and oxygen atoms in total. The number of likely N-dealkylation sites (tertiary alicyclic amines) is 1. The maximum atomic E-state index is 12.3. The van der Waals surface area contributed by atoms with E-state index in [-0.39, 0.29) is 42.3 Å². The normalized spacial score (nSPS) is 27.5. The Bertz CT molecular complexity index is 630. The highest BCUT2D eigenvalue weighted by Gasteiger charge is 2.42. The average Bonchev–Trinajstić information content (AvgIpc) is 3.00. The predicted molar refractivity (Wildman–Crippen MR) is 85.9 cm³/mol. The molecule has 9 heteroatoms. The van der Waals surface area contributed by atoms with E-state index in [0.717, 1.165) is 0 Å². The number of carboxylic acid groups (broad SMARTS) is 1. The Kier molecular flexibility index (Phi) is 5.52. The third-order valence-corrected chi connectivity index (χ3v) is 6.25. The van der Waals surface area contributed by atoms with Crippen LogP contribution in [-0.4, -0.2) is 66.3 Å². The van der Waals surface area contributed by atoms with Crippen LogP contribution in [0.25, 0.3) is 0 Å². The van der Waals surface area contributed by atoms with Gasteiger partial charge in [-0.15, -0.1) is 0 Å². The molecule has 2 amide bonds. The lowest BCUT2D eigenvalue weighted by molar-refractivity contribution is -0.142. The largest absolute Gasteiger partial charge is 0.480 e. The maximum Gasteiger partial charge on any atom is 0.326 e. The van der Waals surface area contributed by atoms with Gasteiger partial charge in [0.05, 0.1) is 17.4 Å². The molecule has 0 aromatic rings. The Balaban J connectivity index is 1.97. The van der Waals surface area contributed by atoms with Crippen molar-refractivity contribution in [2.45, 2.75) is 45.2 Å². The van der Waals surface area contributed by atoms with Crippen LogP contribution in [0, 0.1) is 11.8 Å². The Morgan fingerprint density at radius 2 is 2.04 bits per heavy atom. The molecule has 2 unspecified atom stereocenters. The first-order chi connectivity index (χ1) is 11.1. The van der Waals surface area contributed by atoms with Crippen LogP contribution in [0.2, 0.25) is 0 Å². The zero-order chi connectivity index (χ0) is 18.1. The van der Waals surface area contributed by atoms with Gasteiger partial charge in [-0.1, -0.05) is 13.8 Å². The van der Waals surface area contributed by atoms with Crippen LogP contribution in [-0.2, 0) is 24.2 Å². The fourth-order valence-corrected chi connectivity index (χ4v) is 4.99. The number of carboxylic acids is 1. The quantitative estimate of drug-likeness (QED) is 0.667. The van der Waals surface area contributed by atoms with Crippen molar-refractivity contribution < 1.29 is 27.9 Å². The maximum absolute atomic E-state index is 12.3. The van der Waals surface area contributed by atoms with Gasteiger partial charge < -0.3 is 15.3 Å². The number of nitrogens with zero attached hydrogens (tertiary/aromatic N) is 1. The minimum atomic E-state index is -3.11. The average molecular weight is 360 g/mol. The van der Waals surface area contributed by atoms with E-state index < -0.39 is 33.7 Å². The van der Waals surface area contributed by atoms with Gasteiger partial charge in [0.15, 0.2) is 9.84 Å². The highest BCUT2D eigenvalue weighted by atomic mass is 32.2. The van der Waals surface area contributed by atoms with Crippen molar-refractivity contribution in [2.75, 3.05) is 18.1 Å². The zero-order valence-corrected chi connectivity index (χ0v) is 14.7. The molecule has 0 aromatic heterocycles. The number of hydrogen-bond donors (Lipinski definition) is 2. The molecule has 0 spiro atoms. The summed E-state index contributed by atoms with van der Waals surface area (Å²) in [6.45, 7) is 3.88. The van der Waals surface area contributed by atoms with E-state index in [1.807, 2.05) is 13.8 Å². The molecule has 136 valence electrons. The molecule has 0 aliphatic carbocycles. The number of carbonyl (C=O) groups excluding carboxylic acids is 2. The number of amides is 2. The van der Waals surface area contributed by atoms with Gasteiger partial charge >= 0.3 is 5.97 Å². The molecular formula is C15H24N2O6S. The second-order valence-corrected chi connectivity index (χ2v) is 9.26. The van der Waals surface area contributed by atoms with E-state index in [2.05, 4.69) is 5.32 Å². The molecule has 2 aliphatic rings. The summed E-state index contributed by atoms with van der Waals surface area (Å²) in [5.74, 6) is -2.31. The fourth-order valence-electron chi connectivity index (χ4n) is 3.26. The van der Waals surface area contributed by atoms with Crippen molar-refractivity contribution >= 4 is 27.6 Å². The first kappa shape index (κ1) is 18.7. The van der Waals surface area contributed by atoms with Crippen molar-refractivity contribution in [3.05, 3.63) is 0 Å². The predicted octanol–water partition coefficient (Wildman–Crippen LogP) is -0.362. The molecule has 2 rings (SSSR count). The summed E-state index contributed by atoms with van der Waals surface area (Å²) in [5, 5.41) is 11.7. The first-order valence-electron chi connectivity index (χ1n) is 8.12. The smallest absolute Gasteiger partial charge is 0.326 e. The standard InChI is InChI=1S/C15H24N2O6S/c1-9(2)5-12(15(20)21)16-14(19)10-6-13(18)17(7-10)11-3-4-24(22,23)8-11/h9-12H,3-8H2,1-2H3,(H,16,19)(H,20,21)/t10?,11?,12-/m0/s1. The Hall–Kier alpha value is -1.64. The van der Waals surface area contributed by atoms with Crippen molar-refractivity contribution in [2.24, 2.45) is 11.8 Å². The molecule has 0 aromatic carbocycles. The van der Waals surface area contributed by atoms with Crippen LogP contribution in [0.3, 0.4) is 0 Å². The van der Waals surface area contributed by atoms with E-state index in [0.29, 0.717) is 12.8 Å². The molecule has 3 atom stereocenters.